The maximum atomic E-state index is 12.3. The van der Waals surface area contributed by atoms with Crippen LogP contribution in [0.2, 0.25) is 0 Å². The molecule has 3 aromatic rings. The highest BCUT2D eigenvalue weighted by Crippen LogP contribution is 2.34. The first-order valence-electron chi connectivity index (χ1n) is 9.12. The van der Waals surface area contributed by atoms with Crippen LogP contribution in [0.1, 0.15) is 16.1 Å². The second-order valence-electron chi connectivity index (χ2n) is 6.30. The molecule has 0 aliphatic carbocycles. The summed E-state index contributed by atoms with van der Waals surface area (Å²) >= 11 is 0. The molecule has 29 heavy (non-hydrogen) atoms. The third-order valence-corrected chi connectivity index (χ3v) is 4.40. The van der Waals surface area contributed by atoms with Crippen molar-refractivity contribution in [2.75, 3.05) is 25.8 Å². The number of carbonyl (C=O) groups is 1. The second kappa shape index (κ2) is 8.47. The minimum atomic E-state index is -0.276. The third kappa shape index (κ3) is 4.37. The van der Waals surface area contributed by atoms with Crippen LogP contribution in [0.15, 0.2) is 54.9 Å². The molecule has 4 rings (SSSR count). The third-order valence-electron chi connectivity index (χ3n) is 4.40. The van der Waals surface area contributed by atoms with Gasteiger partial charge in [0.25, 0.3) is 5.91 Å². The van der Waals surface area contributed by atoms with Gasteiger partial charge in [0.05, 0.1) is 19.5 Å². The first-order chi connectivity index (χ1) is 14.2. The van der Waals surface area contributed by atoms with E-state index in [-0.39, 0.29) is 18.4 Å². The fraction of sp³-hybridized carbons (Fsp3) is 0.190. The molecule has 0 fully saturated rings. The van der Waals surface area contributed by atoms with Crippen LogP contribution in [0, 0.1) is 0 Å². The van der Waals surface area contributed by atoms with Gasteiger partial charge in [-0.3, -0.25) is 4.79 Å². The van der Waals surface area contributed by atoms with E-state index in [0.29, 0.717) is 30.3 Å². The van der Waals surface area contributed by atoms with Crippen LogP contribution in [-0.2, 0) is 6.42 Å². The second-order valence-corrected chi connectivity index (χ2v) is 6.30. The number of nitrogens with zero attached hydrogens (tertiary/aromatic N) is 2. The Kier molecular flexibility index (Phi) is 5.42. The van der Waals surface area contributed by atoms with E-state index >= 15 is 0 Å². The van der Waals surface area contributed by atoms with Gasteiger partial charge in [0.15, 0.2) is 11.5 Å². The maximum Gasteiger partial charge on any atom is 0.271 e. The van der Waals surface area contributed by atoms with Gasteiger partial charge in [0.1, 0.15) is 17.3 Å². The lowest BCUT2D eigenvalue weighted by atomic mass is 10.1. The topological polar surface area (TPSA) is 94.6 Å². The Morgan fingerprint density at radius 3 is 2.79 bits per heavy atom. The van der Waals surface area contributed by atoms with E-state index in [2.05, 4.69) is 20.6 Å². The Morgan fingerprint density at radius 2 is 1.97 bits per heavy atom. The molecular weight excluding hydrogens is 372 g/mol. The molecule has 1 aliphatic rings. The highest BCUT2D eigenvalue weighted by Gasteiger charge is 2.14. The zero-order valence-electron chi connectivity index (χ0n) is 15.8. The van der Waals surface area contributed by atoms with Gasteiger partial charge in [-0.15, -0.1) is 0 Å². The number of methoxy groups -OCH3 is 1. The Balaban J connectivity index is 1.32. The Morgan fingerprint density at radius 1 is 1.10 bits per heavy atom. The molecular formula is C21H20N4O4. The Hall–Kier alpha value is -3.81. The van der Waals surface area contributed by atoms with Gasteiger partial charge in [-0.05, 0) is 30.2 Å². The average molecular weight is 392 g/mol. The summed E-state index contributed by atoms with van der Waals surface area (Å²) in [5.41, 5.74) is 2.07. The first-order valence-corrected chi connectivity index (χ1v) is 9.12. The van der Waals surface area contributed by atoms with E-state index < -0.39 is 0 Å². The number of fused-ring (bicyclic) bond motifs is 1. The number of amides is 1. The van der Waals surface area contributed by atoms with E-state index in [1.54, 1.807) is 7.11 Å². The number of nitrogens with one attached hydrogen (secondary N) is 2. The van der Waals surface area contributed by atoms with Gasteiger partial charge in [-0.25, -0.2) is 9.97 Å². The minimum absolute atomic E-state index is 0.222. The fourth-order valence-corrected chi connectivity index (χ4v) is 2.94. The van der Waals surface area contributed by atoms with E-state index in [9.17, 15) is 4.79 Å². The van der Waals surface area contributed by atoms with E-state index in [4.69, 9.17) is 14.2 Å². The normalized spacial score (nSPS) is 11.8. The van der Waals surface area contributed by atoms with Crippen molar-refractivity contribution in [3.05, 3.63) is 66.1 Å². The Labute approximate surface area is 167 Å². The van der Waals surface area contributed by atoms with Crippen molar-refractivity contribution < 1.29 is 19.0 Å². The summed E-state index contributed by atoms with van der Waals surface area (Å²) in [5, 5.41) is 5.97. The smallest absolute Gasteiger partial charge is 0.271 e. The number of anilines is 2. The van der Waals surface area contributed by atoms with Gasteiger partial charge >= 0.3 is 0 Å². The summed E-state index contributed by atoms with van der Waals surface area (Å²) in [5.74, 6) is 2.44. The molecule has 148 valence electrons. The predicted molar refractivity (Wildman–Crippen MR) is 107 cm³/mol. The highest BCUT2D eigenvalue weighted by molar-refractivity contribution is 5.92. The van der Waals surface area contributed by atoms with Gasteiger partial charge in [0.2, 0.25) is 6.79 Å². The lowest BCUT2D eigenvalue weighted by Gasteiger charge is -2.09. The molecule has 2 aromatic carbocycles. The molecule has 2 heterocycles. The monoisotopic (exact) mass is 392 g/mol. The quantitative estimate of drug-likeness (QED) is 0.638. The summed E-state index contributed by atoms with van der Waals surface area (Å²) in [6, 6.07) is 13.2. The number of rotatable bonds is 7. The molecule has 1 amide bonds. The molecule has 0 unspecified atom stereocenters. The van der Waals surface area contributed by atoms with Crippen LogP contribution >= 0.6 is 0 Å². The maximum absolute atomic E-state index is 12.3. The number of hydrogen-bond donors (Lipinski definition) is 2. The SMILES string of the molecule is COc1ccccc1CCNC(=O)c1cnc(Nc2ccc3c(c2)OCO3)cn1. The van der Waals surface area contributed by atoms with Crippen LogP contribution in [0.3, 0.4) is 0 Å². The lowest BCUT2D eigenvalue weighted by Crippen LogP contribution is -2.26. The van der Waals surface area contributed by atoms with Gasteiger partial charge < -0.3 is 24.8 Å². The number of hydrogen-bond acceptors (Lipinski definition) is 7. The summed E-state index contributed by atoms with van der Waals surface area (Å²) in [4.78, 5) is 20.7. The van der Waals surface area contributed by atoms with Crippen LogP contribution < -0.4 is 24.8 Å². The van der Waals surface area contributed by atoms with Crippen LogP contribution in [0.25, 0.3) is 0 Å². The largest absolute Gasteiger partial charge is 0.496 e. The van der Waals surface area contributed by atoms with Crippen LogP contribution in [-0.4, -0.2) is 36.3 Å². The van der Waals surface area contributed by atoms with Gasteiger partial charge in [-0.2, -0.15) is 0 Å². The summed E-state index contributed by atoms with van der Waals surface area (Å²) in [6.45, 7) is 0.692. The molecule has 0 spiro atoms. The Bertz CT molecular complexity index is 1010. The molecule has 0 radical (unpaired) electrons. The van der Waals surface area contributed by atoms with Crippen LogP contribution in [0.4, 0.5) is 11.5 Å². The van der Waals surface area contributed by atoms with E-state index in [0.717, 1.165) is 17.0 Å². The number of carbonyl (C=O) groups excluding carboxylic acids is 1. The predicted octanol–water partition coefficient (Wildman–Crippen LogP) is 2.93. The summed E-state index contributed by atoms with van der Waals surface area (Å²) < 4.78 is 16.0. The minimum Gasteiger partial charge on any atom is -0.496 e. The molecule has 2 N–H and O–H groups in total. The van der Waals surface area contributed by atoms with Crippen molar-refractivity contribution in [1.82, 2.24) is 15.3 Å². The van der Waals surface area contributed by atoms with E-state index in [1.807, 2.05) is 42.5 Å². The zero-order valence-corrected chi connectivity index (χ0v) is 15.8. The van der Waals surface area contributed by atoms with Crippen LogP contribution in [0.5, 0.6) is 17.2 Å². The van der Waals surface area contributed by atoms with E-state index in [1.165, 1.54) is 12.4 Å². The number of benzene rings is 2. The molecule has 1 aliphatic heterocycles. The van der Waals surface area contributed by atoms with Crippen molar-refractivity contribution in [2.24, 2.45) is 0 Å². The standard InChI is InChI=1S/C21H20N4O4/c1-27-17-5-3-2-4-14(17)8-9-22-21(26)16-11-24-20(12-23-16)25-15-6-7-18-19(10-15)29-13-28-18/h2-7,10-12H,8-9,13H2,1H3,(H,22,26)(H,24,25). The van der Waals surface area contributed by atoms with Crippen molar-refractivity contribution in [3.8, 4) is 17.2 Å². The fourth-order valence-electron chi connectivity index (χ4n) is 2.94. The number of ether oxygens (including phenoxy) is 3. The first kappa shape index (κ1) is 18.5. The van der Waals surface area contributed by atoms with Crippen molar-refractivity contribution >= 4 is 17.4 Å². The molecule has 0 atom stereocenters. The lowest BCUT2D eigenvalue weighted by molar-refractivity contribution is 0.0948. The van der Waals surface area contributed by atoms with Crippen molar-refractivity contribution in [3.63, 3.8) is 0 Å². The van der Waals surface area contributed by atoms with Gasteiger partial charge in [-0.1, -0.05) is 18.2 Å². The summed E-state index contributed by atoms with van der Waals surface area (Å²) in [7, 11) is 1.63. The number of para-hydroxylation sites is 1. The molecule has 1 aromatic heterocycles. The molecule has 0 bridgehead atoms. The molecule has 8 heteroatoms. The zero-order chi connectivity index (χ0) is 20.1. The molecule has 0 saturated carbocycles. The van der Waals surface area contributed by atoms with Crippen molar-refractivity contribution in [1.29, 1.82) is 0 Å². The molecule has 8 nitrogen and oxygen atoms in total. The molecule has 0 saturated heterocycles. The highest BCUT2D eigenvalue weighted by atomic mass is 16.7. The van der Waals surface area contributed by atoms with Crippen molar-refractivity contribution in [2.45, 2.75) is 6.42 Å². The summed E-state index contributed by atoms with van der Waals surface area (Å²) in [6.07, 6.45) is 3.61. The van der Waals surface area contributed by atoms with Gasteiger partial charge in [0, 0.05) is 18.3 Å². The average Bonchev–Trinajstić information content (AvgIpc) is 3.22. The number of aromatic nitrogens is 2.